The van der Waals surface area contributed by atoms with Crippen molar-refractivity contribution >= 4 is 15.9 Å². The SMILES string of the molecule is C=C(CC(C)C(Br)=C(C)C)OCC(C)(C)CO. The summed E-state index contributed by atoms with van der Waals surface area (Å²) in [4.78, 5) is 0. The Labute approximate surface area is 114 Å². The van der Waals surface area contributed by atoms with E-state index in [4.69, 9.17) is 9.84 Å². The number of aliphatic hydroxyl groups excluding tert-OH is 1. The fourth-order valence-corrected chi connectivity index (χ4v) is 1.49. The van der Waals surface area contributed by atoms with Crippen molar-refractivity contribution in [3.63, 3.8) is 0 Å². The molecule has 0 aromatic heterocycles. The molecule has 0 aliphatic carbocycles. The van der Waals surface area contributed by atoms with E-state index in [0.717, 1.165) is 12.2 Å². The second-order valence-corrected chi connectivity index (χ2v) is 6.46. The number of halogens is 1. The van der Waals surface area contributed by atoms with Crippen LogP contribution in [0.25, 0.3) is 0 Å². The minimum absolute atomic E-state index is 0.119. The van der Waals surface area contributed by atoms with Crippen LogP contribution in [-0.2, 0) is 4.74 Å². The molecule has 0 aliphatic rings. The van der Waals surface area contributed by atoms with Gasteiger partial charge in [0.1, 0.15) is 0 Å². The van der Waals surface area contributed by atoms with Gasteiger partial charge in [0, 0.05) is 11.8 Å². The van der Waals surface area contributed by atoms with Crippen LogP contribution < -0.4 is 0 Å². The van der Waals surface area contributed by atoms with Crippen LogP contribution >= 0.6 is 15.9 Å². The normalized spacial score (nSPS) is 13.1. The van der Waals surface area contributed by atoms with Crippen molar-refractivity contribution in [2.45, 2.75) is 41.0 Å². The van der Waals surface area contributed by atoms with Gasteiger partial charge in [-0.05, 0) is 24.2 Å². The number of hydrogen-bond acceptors (Lipinski definition) is 2. The van der Waals surface area contributed by atoms with Crippen molar-refractivity contribution in [1.82, 2.24) is 0 Å². The molecule has 0 heterocycles. The Morgan fingerprint density at radius 3 is 2.35 bits per heavy atom. The molecule has 0 saturated heterocycles. The van der Waals surface area contributed by atoms with E-state index in [0.29, 0.717) is 12.5 Å². The highest BCUT2D eigenvalue weighted by Crippen LogP contribution is 2.27. The zero-order chi connectivity index (χ0) is 13.6. The van der Waals surface area contributed by atoms with E-state index in [9.17, 15) is 0 Å². The predicted octanol–water partition coefficient (Wildman–Crippen LogP) is 4.25. The van der Waals surface area contributed by atoms with E-state index < -0.39 is 0 Å². The van der Waals surface area contributed by atoms with Crippen LogP contribution in [0.4, 0.5) is 0 Å². The van der Waals surface area contributed by atoms with Gasteiger partial charge in [-0.15, -0.1) is 0 Å². The molecule has 0 aromatic rings. The zero-order valence-corrected chi connectivity index (χ0v) is 13.2. The van der Waals surface area contributed by atoms with Gasteiger partial charge < -0.3 is 9.84 Å². The second kappa shape index (κ2) is 7.22. The minimum atomic E-state index is -0.208. The second-order valence-electron chi connectivity index (χ2n) is 5.60. The average Bonchev–Trinajstić information content (AvgIpc) is 2.25. The zero-order valence-electron chi connectivity index (χ0n) is 11.6. The van der Waals surface area contributed by atoms with Crippen LogP contribution in [-0.4, -0.2) is 18.3 Å². The van der Waals surface area contributed by atoms with E-state index in [1.54, 1.807) is 0 Å². The quantitative estimate of drug-likeness (QED) is 0.713. The largest absolute Gasteiger partial charge is 0.498 e. The summed E-state index contributed by atoms with van der Waals surface area (Å²) in [5.41, 5.74) is 1.07. The first kappa shape index (κ1) is 16.7. The van der Waals surface area contributed by atoms with Gasteiger partial charge >= 0.3 is 0 Å². The summed E-state index contributed by atoms with van der Waals surface area (Å²) < 4.78 is 6.81. The van der Waals surface area contributed by atoms with Gasteiger partial charge in [-0.2, -0.15) is 0 Å². The molecule has 0 fully saturated rings. The first-order valence-corrected chi connectivity index (χ1v) is 6.73. The van der Waals surface area contributed by atoms with E-state index in [-0.39, 0.29) is 12.0 Å². The van der Waals surface area contributed by atoms with Gasteiger partial charge in [-0.3, -0.25) is 0 Å². The van der Waals surface area contributed by atoms with Gasteiger partial charge in [0.2, 0.25) is 0 Å². The summed E-state index contributed by atoms with van der Waals surface area (Å²) >= 11 is 3.58. The number of aliphatic hydroxyl groups is 1. The van der Waals surface area contributed by atoms with Crippen LogP contribution in [0.1, 0.15) is 41.0 Å². The Balaban J connectivity index is 4.17. The minimum Gasteiger partial charge on any atom is -0.498 e. The molecule has 0 aromatic carbocycles. The van der Waals surface area contributed by atoms with Crippen LogP contribution in [0, 0.1) is 11.3 Å². The molecule has 17 heavy (non-hydrogen) atoms. The average molecular weight is 305 g/mol. The third-order valence-corrected chi connectivity index (χ3v) is 4.11. The summed E-state index contributed by atoms with van der Waals surface area (Å²) in [6.45, 7) is 14.8. The summed E-state index contributed by atoms with van der Waals surface area (Å²) in [7, 11) is 0. The van der Waals surface area contributed by atoms with Crippen LogP contribution in [0.2, 0.25) is 0 Å². The molecule has 0 spiro atoms. The van der Waals surface area contributed by atoms with Crippen molar-refractivity contribution in [1.29, 1.82) is 0 Å². The molecule has 1 unspecified atom stereocenters. The summed E-state index contributed by atoms with van der Waals surface area (Å²) in [5, 5.41) is 9.13. The number of allylic oxidation sites excluding steroid dienone is 3. The Morgan fingerprint density at radius 2 is 1.94 bits per heavy atom. The Morgan fingerprint density at radius 1 is 1.41 bits per heavy atom. The Kier molecular flexibility index (Phi) is 7.10. The predicted molar refractivity (Wildman–Crippen MR) is 77.0 cm³/mol. The molecule has 1 atom stereocenters. The van der Waals surface area contributed by atoms with Gasteiger partial charge in [-0.25, -0.2) is 0 Å². The highest BCUT2D eigenvalue weighted by molar-refractivity contribution is 9.11. The van der Waals surface area contributed by atoms with Gasteiger partial charge in [0.15, 0.2) is 0 Å². The fourth-order valence-electron chi connectivity index (χ4n) is 1.33. The first-order chi connectivity index (χ1) is 7.69. The first-order valence-electron chi connectivity index (χ1n) is 5.94. The maximum atomic E-state index is 9.13. The van der Waals surface area contributed by atoms with Gasteiger partial charge in [-0.1, -0.05) is 48.9 Å². The molecule has 0 aliphatic heterocycles. The lowest BCUT2D eigenvalue weighted by atomic mass is 9.96. The van der Waals surface area contributed by atoms with Crippen molar-refractivity contribution in [3.05, 3.63) is 22.4 Å². The molecule has 100 valence electrons. The van der Waals surface area contributed by atoms with Crippen molar-refractivity contribution < 1.29 is 9.84 Å². The summed E-state index contributed by atoms with van der Waals surface area (Å²) in [5.74, 6) is 1.15. The molecular weight excluding hydrogens is 280 g/mol. The monoisotopic (exact) mass is 304 g/mol. The molecule has 0 rings (SSSR count). The fraction of sp³-hybridized carbons (Fsp3) is 0.714. The number of hydrogen-bond donors (Lipinski definition) is 1. The maximum absolute atomic E-state index is 9.13. The highest BCUT2D eigenvalue weighted by atomic mass is 79.9. The third kappa shape index (κ3) is 6.89. The molecule has 0 bridgehead atoms. The van der Waals surface area contributed by atoms with Crippen molar-refractivity contribution in [2.75, 3.05) is 13.2 Å². The van der Waals surface area contributed by atoms with E-state index >= 15 is 0 Å². The highest BCUT2D eigenvalue weighted by Gasteiger charge is 2.18. The number of rotatable bonds is 7. The molecule has 0 amide bonds. The van der Waals surface area contributed by atoms with E-state index in [1.807, 2.05) is 13.8 Å². The van der Waals surface area contributed by atoms with Gasteiger partial charge in [0.05, 0.1) is 19.0 Å². The van der Waals surface area contributed by atoms with Crippen LogP contribution in [0.15, 0.2) is 22.4 Å². The maximum Gasteiger partial charge on any atom is 0.0949 e. The molecule has 1 N–H and O–H groups in total. The molecule has 0 saturated carbocycles. The smallest absolute Gasteiger partial charge is 0.0949 e. The van der Waals surface area contributed by atoms with Gasteiger partial charge in [0.25, 0.3) is 0 Å². The molecule has 2 nitrogen and oxygen atoms in total. The Hall–Kier alpha value is -0.280. The van der Waals surface area contributed by atoms with Crippen LogP contribution in [0.3, 0.4) is 0 Å². The lowest BCUT2D eigenvalue weighted by Gasteiger charge is -2.23. The summed E-state index contributed by atoms with van der Waals surface area (Å²) in [6.07, 6.45) is 0.799. The third-order valence-electron chi connectivity index (χ3n) is 2.54. The molecule has 3 heteroatoms. The van der Waals surface area contributed by atoms with Crippen molar-refractivity contribution in [2.24, 2.45) is 11.3 Å². The van der Waals surface area contributed by atoms with Crippen LogP contribution in [0.5, 0.6) is 0 Å². The topological polar surface area (TPSA) is 29.5 Å². The lowest BCUT2D eigenvalue weighted by Crippen LogP contribution is -2.23. The Bertz CT molecular complexity index is 289. The van der Waals surface area contributed by atoms with E-state index in [1.165, 1.54) is 10.1 Å². The molecule has 0 radical (unpaired) electrons. The van der Waals surface area contributed by atoms with Crippen molar-refractivity contribution in [3.8, 4) is 0 Å². The number of ether oxygens (including phenoxy) is 1. The standard InChI is InChI=1S/C14H25BrO2/c1-10(2)13(15)11(3)7-12(4)17-9-14(5,6)8-16/h11,16H,4,7-9H2,1-3,5-6H3. The lowest BCUT2D eigenvalue weighted by molar-refractivity contribution is 0.0586. The molecular formula is C14H25BrO2. The summed E-state index contributed by atoms with van der Waals surface area (Å²) in [6, 6.07) is 0. The van der Waals surface area contributed by atoms with E-state index in [2.05, 4.69) is 43.3 Å².